The van der Waals surface area contributed by atoms with E-state index in [1.54, 1.807) is 12.1 Å². The number of nitrogens with zero attached hydrogens (tertiary/aromatic N) is 1. The lowest BCUT2D eigenvalue weighted by Gasteiger charge is -2.31. The molecule has 0 atom stereocenters. The van der Waals surface area contributed by atoms with Crippen molar-refractivity contribution in [3.8, 4) is 0 Å². The first-order chi connectivity index (χ1) is 11.8. The second kappa shape index (κ2) is 7.03. The number of rotatable bonds is 5. The van der Waals surface area contributed by atoms with E-state index >= 15 is 0 Å². The van der Waals surface area contributed by atoms with Crippen LogP contribution in [0.3, 0.4) is 0 Å². The summed E-state index contributed by atoms with van der Waals surface area (Å²) in [5, 5.41) is 1.91. The van der Waals surface area contributed by atoms with Gasteiger partial charge in [-0.25, -0.2) is 21.6 Å². The lowest BCUT2D eigenvalue weighted by Crippen LogP contribution is -2.41. The highest BCUT2D eigenvalue weighted by molar-refractivity contribution is 7.89. The van der Waals surface area contributed by atoms with Crippen molar-refractivity contribution in [3.63, 3.8) is 0 Å². The summed E-state index contributed by atoms with van der Waals surface area (Å²) >= 11 is 0. The van der Waals surface area contributed by atoms with Crippen LogP contribution in [-0.4, -0.2) is 47.0 Å². The van der Waals surface area contributed by atoms with Gasteiger partial charge in [0.2, 0.25) is 20.0 Å². The second-order valence-corrected chi connectivity index (χ2v) is 10.2. The lowest BCUT2D eigenvalue weighted by atomic mass is 9.99. The van der Waals surface area contributed by atoms with Crippen molar-refractivity contribution < 1.29 is 16.8 Å². The maximum atomic E-state index is 12.9. The highest BCUT2D eigenvalue weighted by Gasteiger charge is 2.29. The van der Waals surface area contributed by atoms with E-state index in [2.05, 4.69) is 4.72 Å². The van der Waals surface area contributed by atoms with Crippen LogP contribution in [0.4, 0.5) is 0 Å². The number of hydrogen-bond acceptors (Lipinski definition) is 4. The molecule has 0 amide bonds. The van der Waals surface area contributed by atoms with Crippen molar-refractivity contribution in [1.29, 1.82) is 0 Å². The second-order valence-electron chi connectivity index (χ2n) is 6.48. The molecule has 0 bridgehead atoms. The average molecular weight is 383 g/mol. The van der Waals surface area contributed by atoms with Gasteiger partial charge in [0.1, 0.15) is 0 Å². The Morgan fingerprint density at radius 1 is 1.00 bits per heavy atom. The van der Waals surface area contributed by atoms with E-state index in [9.17, 15) is 16.8 Å². The topological polar surface area (TPSA) is 83.6 Å². The summed E-state index contributed by atoms with van der Waals surface area (Å²) in [5.41, 5.74) is 0. The molecule has 136 valence electrons. The Kier molecular flexibility index (Phi) is 5.15. The predicted octanol–water partition coefficient (Wildman–Crippen LogP) is 1.79. The van der Waals surface area contributed by atoms with Crippen LogP contribution in [0.1, 0.15) is 12.8 Å². The molecule has 0 spiro atoms. The van der Waals surface area contributed by atoms with E-state index in [-0.39, 0.29) is 5.92 Å². The van der Waals surface area contributed by atoms with Gasteiger partial charge in [0.15, 0.2) is 0 Å². The Hall–Kier alpha value is -1.48. The molecule has 0 unspecified atom stereocenters. The normalized spacial score (nSPS) is 17.8. The summed E-state index contributed by atoms with van der Waals surface area (Å²) in [6.45, 7) is 1.18. The fourth-order valence-corrected chi connectivity index (χ4v) is 5.14. The molecule has 1 N–H and O–H groups in total. The molecule has 1 fully saturated rings. The van der Waals surface area contributed by atoms with Gasteiger partial charge in [-0.1, -0.05) is 30.3 Å². The first-order valence-corrected chi connectivity index (χ1v) is 11.5. The van der Waals surface area contributed by atoms with Crippen LogP contribution in [0.15, 0.2) is 47.4 Å². The highest BCUT2D eigenvalue weighted by atomic mass is 32.2. The number of benzene rings is 2. The molecule has 2 aromatic carbocycles. The number of sulfonamides is 2. The molecular formula is C17H22N2O4S2. The minimum absolute atomic E-state index is 0.165. The summed E-state index contributed by atoms with van der Waals surface area (Å²) in [6.07, 6.45) is 2.43. The quantitative estimate of drug-likeness (QED) is 0.855. The summed E-state index contributed by atoms with van der Waals surface area (Å²) in [7, 11) is -6.74. The standard InChI is InChI=1S/C17H22N2O4S2/c1-24(20,21)18-13-14-8-10-19(11-9-14)25(22,23)17-7-6-15-4-2-3-5-16(15)12-17/h2-7,12,14,18H,8-11,13H2,1H3. The summed E-state index contributed by atoms with van der Waals surface area (Å²) < 4.78 is 52.1. The largest absolute Gasteiger partial charge is 0.243 e. The van der Waals surface area contributed by atoms with Crippen LogP contribution in [0.2, 0.25) is 0 Å². The van der Waals surface area contributed by atoms with Crippen molar-refractivity contribution in [2.75, 3.05) is 25.9 Å². The molecule has 1 heterocycles. The Bertz CT molecular complexity index is 963. The molecule has 8 heteroatoms. The van der Waals surface area contributed by atoms with Gasteiger partial charge in [0.05, 0.1) is 11.2 Å². The van der Waals surface area contributed by atoms with Crippen LogP contribution < -0.4 is 4.72 Å². The zero-order valence-electron chi connectivity index (χ0n) is 14.1. The van der Waals surface area contributed by atoms with Crippen molar-refractivity contribution >= 4 is 30.8 Å². The molecule has 0 aromatic heterocycles. The molecule has 25 heavy (non-hydrogen) atoms. The van der Waals surface area contributed by atoms with Crippen LogP contribution in [0, 0.1) is 5.92 Å². The third-order valence-corrected chi connectivity index (χ3v) is 7.15. The van der Waals surface area contributed by atoms with Gasteiger partial charge in [0.25, 0.3) is 0 Å². The summed E-state index contributed by atoms with van der Waals surface area (Å²) in [4.78, 5) is 0.305. The molecule has 0 saturated carbocycles. The van der Waals surface area contributed by atoms with Crippen LogP contribution in [0.5, 0.6) is 0 Å². The average Bonchev–Trinajstić information content (AvgIpc) is 2.59. The number of fused-ring (bicyclic) bond motifs is 1. The van der Waals surface area contributed by atoms with Gasteiger partial charge in [-0.3, -0.25) is 0 Å². The van der Waals surface area contributed by atoms with E-state index in [4.69, 9.17) is 0 Å². The van der Waals surface area contributed by atoms with Crippen molar-refractivity contribution in [2.24, 2.45) is 5.92 Å². The smallest absolute Gasteiger partial charge is 0.215 e. The van der Waals surface area contributed by atoms with Gasteiger partial charge >= 0.3 is 0 Å². The maximum Gasteiger partial charge on any atom is 0.243 e. The zero-order valence-corrected chi connectivity index (χ0v) is 15.7. The SMILES string of the molecule is CS(=O)(=O)NCC1CCN(S(=O)(=O)c2ccc3ccccc3c2)CC1. The fourth-order valence-electron chi connectivity index (χ4n) is 3.10. The maximum absolute atomic E-state index is 12.9. The van der Waals surface area contributed by atoms with Crippen molar-refractivity contribution in [1.82, 2.24) is 9.03 Å². The van der Waals surface area contributed by atoms with Crippen LogP contribution in [0.25, 0.3) is 10.8 Å². The number of nitrogens with one attached hydrogen (secondary N) is 1. The molecule has 3 rings (SSSR count). The summed E-state index contributed by atoms with van der Waals surface area (Å²) in [6, 6.07) is 12.8. The Labute approximate surface area is 148 Å². The van der Waals surface area contributed by atoms with Gasteiger partial charge < -0.3 is 0 Å². The molecule has 0 radical (unpaired) electrons. The third-order valence-electron chi connectivity index (χ3n) is 4.57. The van der Waals surface area contributed by atoms with Gasteiger partial charge in [-0.05, 0) is 41.7 Å². The first kappa shape index (κ1) is 18.3. The molecular weight excluding hydrogens is 360 g/mol. The Balaban J connectivity index is 1.70. The monoisotopic (exact) mass is 382 g/mol. The minimum Gasteiger partial charge on any atom is -0.215 e. The molecule has 1 saturated heterocycles. The lowest BCUT2D eigenvalue weighted by molar-refractivity contribution is 0.274. The minimum atomic E-state index is -3.53. The number of piperidine rings is 1. The number of hydrogen-bond donors (Lipinski definition) is 1. The Morgan fingerprint density at radius 2 is 1.64 bits per heavy atom. The van der Waals surface area contributed by atoms with Crippen molar-refractivity contribution in [3.05, 3.63) is 42.5 Å². The third kappa shape index (κ3) is 4.38. The molecule has 6 nitrogen and oxygen atoms in total. The van der Waals surface area contributed by atoms with E-state index in [1.807, 2.05) is 30.3 Å². The van der Waals surface area contributed by atoms with Gasteiger partial charge in [-0.2, -0.15) is 4.31 Å². The summed E-state index contributed by atoms with van der Waals surface area (Å²) in [5.74, 6) is 0.165. The predicted molar refractivity (Wildman–Crippen MR) is 98.3 cm³/mol. The van der Waals surface area contributed by atoms with Crippen LogP contribution >= 0.6 is 0 Å². The molecule has 1 aliphatic heterocycles. The van der Waals surface area contributed by atoms with Gasteiger partial charge in [0, 0.05) is 19.6 Å². The fraction of sp³-hybridized carbons (Fsp3) is 0.412. The van der Waals surface area contributed by atoms with E-state index in [0.717, 1.165) is 17.0 Å². The zero-order chi connectivity index (χ0) is 18.1. The first-order valence-electron chi connectivity index (χ1n) is 8.19. The van der Waals surface area contributed by atoms with Crippen LogP contribution in [-0.2, 0) is 20.0 Å². The van der Waals surface area contributed by atoms with Crippen molar-refractivity contribution in [2.45, 2.75) is 17.7 Å². The van der Waals surface area contributed by atoms with Gasteiger partial charge in [-0.15, -0.1) is 0 Å². The molecule has 0 aliphatic carbocycles. The van der Waals surface area contributed by atoms with E-state index in [0.29, 0.717) is 37.4 Å². The van der Waals surface area contributed by atoms with E-state index in [1.165, 1.54) is 4.31 Å². The highest BCUT2D eigenvalue weighted by Crippen LogP contribution is 2.26. The molecule has 1 aliphatic rings. The van der Waals surface area contributed by atoms with E-state index < -0.39 is 20.0 Å². The Morgan fingerprint density at radius 3 is 2.28 bits per heavy atom. The molecule has 2 aromatic rings.